The number of hydrogen-bond donors (Lipinski definition) is 1. The lowest BCUT2D eigenvalue weighted by atomic mass is 10.1. The number of benzene rings is 2. The number of aryl methyl sites for hydroxylation is 1. The van der Waals surface area contributed by atoms with Crippen LogP contribution in [0.15, 0.2) is 54.6 Å². The lowest BCUT2D eigenvalue weighted by Gasteiger charge is -2.12. The first-order valence-electron chi connectivity index (χ1n) is 6.92. The molecule has 0 spiro atoms. The van der Waals surface area contributed by atoms with E-state index >= 15 is 0 Å². The van der Waals surface area contributed by atoms with Crippen LogP contribution in [0.1, 0.15) is 34.1 Å². The van der Waals surface area contributed by atoms with Gasteiger partial charge in [-0.05, 0) is 31.0 Å². The maximum atomic E-state index is 11.7. The molecule has 0 fully saturated rings. The lowest BCUT2D eigenvalue weighted by Crippen LogP contribution is -2.22. The highest BCUT2D eigenvalue weighted by molar-refractivity contribution is 5.93. The van der Waals surface area contributed by atoms with Crippen molar-refractivity contribution in [3.8, 4) is 0 Å². The number of rotatable bonds is 5. The zero-order valence-corrected chi connectivity index (χ0v) is 11.2. The average molecular weight is 267 g/mol. The number of carbonyl (C=O) groups excluding carboxylic acids is 1. The smallest absolute Gasteiger partial charge is 0.340 e. The Labute approximate surface area is 118 Å². The molecule has 3 heteroatoms. The van der Waals surface area contributed by atoms with Gasteiger partial charge in [0.05, 0.1) is 5.56 Å². The van der Waals surface area contributed by atoms with Crippen LogP contribution in [0.25, 0.3) is 0 Å². The molecule has 1 unspecified atom stereocenters. The van der Waals surface area contributed by atoms with Crippen molar-refractivity contribution < 1.29 is 9.53 Å². The van der Waals surface area contributed by atoms with E-state index in [1.165, 1.54) is 5.56 Å². The second-order valence-corrected chi connectivity index (χ2v) is 4.92. The van der Waals surface area contributed by atoms with E-state index in [1.807, 2.05) is 30.3 Å². The fraction of sp³-hybridized carbons (Fsp3) is 0.235. The van der Waals surface area contributed by atoms with E-state index < -0.39 is 0 Å². The Morgan fingerprint density at radius 2 is 1.75 bits per heavy atom. The summed E-state index contributed by atoms with van der Waals surface area (Å²) >= 11 is 0. The molecule has 2 aromatic carbocycles. The molecule has 1 heterocycles. The predicted octanol–water partition coefficient (Wildman–Crippen LogP) is 3.08. The van der Waals surface area contributed by atoms with Crippen molar-refractivity contribution in [1.29, 1.82) is 0 Å². The van der Waals surface area contributed by atoms with Gasteiger partial charge in [-0.1, -0.05) is 48.5 Å². The zero-order valence-electron chi connectivity index (χ0n) is 11.2. The van der Waals surface area contributed by atoms with Crippen LogP contribution in [-0.4, -0.2) is 12.5 Å². The Kier molecular flexibility index (Phi) is 3.79. The number of cyclic esters (lactones) is 1. The fourth-order valence-electron chi connectivity index (χ4n) is 2.47. The Balaban J connectivity index is 1.52. The summed E-state index contributed by atoms with van der Waals surface area (Å²) in [5, 5.41) is 3.30. The third-order valence-corrected chi connectivity index (χ3v) is 3.50. The molecule has 3 rings (SSSR count). The second-order valence-electron chi connectivity index (χ2n) is 4.92. The number of nitrogens with one attached hydrogen (secondary N) is 1. The van der Waals surface area contributed by atoms with E-state index in [0.29, 0.717) is 5.56 Å². The molecule has 20 heavy (non-hydrogen) atoms. The van der Waals surface area contributed by atoms with E-state index in [4.69, 9.17) is 4.74 Å². The minimum atomic E-state index is -0.297. The summed E-state index contributed by atoms with van der Waals surface area (Å²) in [6.07, 6.45) is 1.74. The SMILES string of the molecule is O=C1OC(NCCCc2ccccc2)c2ccccc21. The van der Waals surface area contributed by atoms with Crippen LogP contribution in [0, 0.1) is 0 Å². The normalized spacial score (nSPS) is 16.8. The maximum absolute atomic E-state index is 11.7. The highest BCUT2D eigenvalue weighted by Crippen LogP contribution is 2.27. The third-order valence-electron chi connectivity index (χ3n) is 3.50. The van der Waals surface area contributed by atoms with Gasteiger partial charge < -0.3 is 4.74 Å². The van der Waals surface area contributed by atoms with E-state index in [1.54, 1.807) is 0 Å². The van der Waals surface area contributed by atoms with Crippen LogP contribution in [0.5, 0.6) is 0 Å². The molecule has 0 saturated heterocycles. The van der Waals surface area contributed by atoms with E-state index in [9.17, 15) is 4.79 Å². The minimum Gasteiger partial charge on any atom is -0.439 e. The van der Waals surface area contributed by atoms with Crippen LogP contribution < -0.4 is 5.32 Å². The van der Waals surface area contributed by atoms with Gasteiger partial charge in [0.15, 0.2) is 6.23 Å². The first kappa shape index (κ1) is 12.9. The van der Waals surface area contributed by atoms with Crippen LogP contribution in [0.4, 0.5) is 0 Å². The quantitative estimate of drug-likeness (QED) is 0.668. The molecule has 1 atom stereocenters. The van der Waals surface area contributed by atoms with Crippen LogP contribution >= 0.6 is 0 Å². The van der Waals surface area contributed by atoms with Crippen molar-refractivity contribution in [2.45, 2.75) is 19.1 Å². The third kappa shape index (κ3) is 2.73. The maximum Gasteiger partial charge on any atom is 0.340 e. The first-order valence-corrected chi connectivity index (χ1v) is 6.92. The molecule has 0 radical (unpaired) electrons. The summed E-state index contributed by atoms with van der Waals surface area (Å²) in [6.45, 7) is 0.821. The van der Waals surface area contributed by atoms with Crippen molar-refractivity contribution in [3.63, 3.8) is 0 Å². The summed E-state index contributed by atoms with van der Waals surface area (Å²) < 4.78 is 5.33. The highest BCUT2D eigenvalue weighted by atomic mass is 16.6. The Morgan fingerprint density at radius 1 is 1.00 bits per heavy atom. The molecule has 0 saturated carbocycles. The van der Waals surface area contributed by atoms with E-state index in [2.05, 4.69) is 29.6 Å². The Hall–Kier alpha value is -2.13. The van der Waals surface area contributed by atoms with Gasteiger partial charge in [-0.15, -0.1) is 0 Å². The molecule has 0 aliphatic carbocycles. The van der Waals surface area contributed by atoms with E-state index in [-0.39, 0.29) is 12.2 Å². The number of ether oxygens (including phenoxy) is 1. The summed E-state index contributed by atoms with van der Waals surface area (Å²) in [5.74, 6) is -0.235. The highest BCUT2D eigenvalue weighted by Gasteiger charge is 2.29. The van der Waals surface area contributed by atoms with Gasteiger partial charge in [-0.25, -0.2) is 4.79 Å². The van der Waals surface area contributed by atoms with Crippen molar-refractivity contribution in [2.24, 2.45) is 0 Å². The second kappa shape index (κ2) is 5.88. The molecule has 0 bridgehead atoms. The number of fused-ring (bicyclic) bond motifs is 1. The van der Waals surface area contributed by atoms with Gasteiger partial charge >= 0.3 is 5.97 Å². The van der Waals surface area contributed by atoms with Gasteiger partial charge in [-0.3, -0.25) is 5.32 Å². The molecular formula is C17H17NO2. The average Bonchev–Trinajstić information content (AvgIpc) is 2.82. The van der Waals surface area contributed by atoms with Gasteiger partial charge in [0.2, 0.25) is 0 Å². The molecule has 1 aliphatic heterocycles. The Bertz CT molecular complexity index is 595. The lowest BCUT2D eigenvalue weighted by molar-refractivity contribution is 0.0309. The molecule has 1 aliphatic rings. The molecule has 0 aromatic heterocycles. The summed E-state index contributed by atoms with van der Waals surface area (Å²) in [6, 6.07) is 17.9. The van der Waals surface area contributed by atoms with Gasteiger partial charge in [0.25, 0.3) is 0 Å². The predicted molar refractivity (Wildman–Crippen MR) is 77.4 cm³/mol. The summed E-state index contributed by atoms with van der Waals surface area (Å²) in [7, 11) is 0. The minimum absolute atomic E-state index is 0.235. The van der Waals surface area contributed by atoms with Crippen molar-refractivity contribution in [3.05, 3.63) is 71.3 Å². The van der Waals surface area contributed by atoms with Gasteiger partial charge in [0.1, 0.15) is 0 Å². The summed E-state index contributed by atoms with van der Waals surface area (Å²) in [5.41, 5.74) is 2.95. The zero-order chi connectivity index (χ0) is 13.8. The molecule has 0 amide bonds. The van der Waals surface area contributed by atoms with Crippen LogP contribution in [0.2, 0.25) is 0 Å². The number of esters is 1. The van der Waals surface area contributed by atoms with Crippen molar-refractivity contribution in [2.75, 3.05) is 6.54 Å². The fourth-order valence-corrected chi connectivity index (χ4v) is 2.47. The molecule has 2 aromatic rings. The molecular weight excluding hydrogens is 250 g/mol. The van der Waals surface area contributed by atoms with E-state index in [0.717, 1.165) is 24.9 Å². The van der Waals surface area contributed by atoms with Crippen molar-refractivity contribution >= 4 is 5.97 Å². The Morgan fingerprint density at radius 3 is 2.60 bits per heavy atom. The molecule has 3 nitrogen and oxygen atoms in total. The van der Waals surface area contributed by atoms with Crippen molar-refractivity contribution in [1.82, 2.24) is 5.32 Å². The molecule has 102 valence electrons. The molecule has 1 N–H and O–H groups in total. The largest absolute Gasteiger partial charge is 0.439 e. The van der Waals surface area contributed by atoms with Gasteiger partial charge in [0, 0.05) is 5.56 Å². The number of hydrogen-bond acceptors (Lipinski definition) is 3. The summed E-state index contributed by atoms with van der Waals surface area (Å²) in [4.78, 5) is 11.7. The van der Waals surface area contributed by atoms with Crippen LogP contribution in [0.3, 0.4) is 0 Å². The van der Waals surface area contributed by atoms with Crippen LogP contribution in [-0.2, 0) is 11.2 Å². The van der Waals surface area contributed by atoms with Gasteiger partial charge in [-0.2, -0.15) is 0 Å². The topological polar surface area (TPSA) is 38.3 Å². The first-order chi connectivity index (χ1) is 9.84. The monoisotopic (exact) mass is 267 g/mol. The number of carbonyl (C=O) groups is 1. The standard InChI is InChI=1S/C17H17NO2/c19-17-15-11-5-4-10-14(15)16(20-17)18-12-6-9-13-7-2-1-3-8-13/h1-5,7-8,10-11,16,18H,6,9,12H2.